The summed E-state index contributed by atoms with van der Waals surface area (Å²) in [5.74, 6) is 0.00409. The van der Waals surface area contributed by atoms with E-state index in [1.165, 1.54) is 17.2 Å². The van der Waals surface area contributed by atoms with E-state index in [1.54, 1.807) is 25.3 Å². The molecule has 1 aromatic carbocycles. The predicted molar refractivity (Wildman–Crippen MR) is 86.0 cm³/mol. The van der Waals surface area contributed by atoms with Crippen LogP contribution in [0.15, 0.2) is 35.6 Å². The van der Waals surface area contributed by atoms with Crippen molar-refractivity contribution in [2.45, 2.75) is 11.4 Å². The zero-order valence-electron chi connectivity index (χ0n) is 12.2. The first-order valence-corrected chi connectivity index (χ1v) is 8.53. The summed E-state index contributed by atoms with van der Waals surface area (Å²) >= 11 is 5.90. The van der Waals surface area contributed by atoms with Gasteiger partial charge in [-0.05, 0) is 18.2 Å². The molecule has 0 amide bonds. The highest BCUT2D eigenvalue weighted by molar-refractivity contribution is 7.93. The van der Waals surface area contributed by atoms with Gasteiger partial charge < -0.3 is 9.72 Å². The summed E-state index contributed by atoms with van der Waals surface area (Å²) in [5.41, 5.74) is 0.636. The van der Waals surface area contributed by atoms with Gasteiger partial charge in [-0.25, -0.2) is 17.8 Å². The number of hydrogen-bond acceptors (Lipinski definition) is 5. The second-order valence-corrected chi connectivity index (χ2v) is 6.86. The lowest BCUT2D eigenvalue weighted by Gasteiger charge is -2.03. The molecule has 2 heterocycles. The Labute approximate surface area is 137 Å². The first-order chi connectivity index (χ1) is 11.0. The van der Waals surface area contributed by atoms with Gasteiger partial charge in [0.15, 0.2) is 0 Å². The van der Waals surface area contributed by atoms with Crippen LogP contribution in [0.25, 0.3) is 10.9 Å². The van der Waals surface area contributed by atoms with Crippen molar-refractivity contribution in [2.24, 2.45) is 0 Å². The molecule has 8 nitrogen and oxygen atoms in total. The Morgan fingerprint density at radius 2 is 2.26 bits per heavy atom. The number of fused-ring (bicyclic) bond motifs is 1. The average molecular weight is 356 g/mol. The van der Waals surface area contributed by atoms with Crippen LogP contribution in [0.1, 0.15) is 0 Å². The minimum Gasteiger partial charge on any atom is -0.383 e. The molecule has 23 heavy (non-hydrogen) atoms. The maximum absolute atomic E-state index is 12.5. The van der Waals surface area contributed by atoms with Crippen molar-refractivity contribution in [3.63, 3.8) is 0 Å². The molecule has 0 aliphatic heterocycles. The van der Waals surface area contributed by atoms with E-state index in [0.29, 0.717) is 29.1 Å². The fourth-order valence-corrected chi connectivity index (χ4v) is 3.40. The molecule has 0 radical (unpaired) electrons. The number of aromatic nitrogens is 4. The Hall–Kier alpha value is -2.10. The highest BCUT2D eigenvalue weighted by Gasteiger charge is 2.20. The molecule has 0 spiro atoms. The second-order valence-electron chi connectivity index (χ2n) is 4.77. The van der Waals surface area contributed by atoms with Gasteiger partial charge in [-0.1, -0.05) is 11.6 Å². The smallest absolute Gasteiger partial charge is 0.266 e. The van der Waals surface area contributed by atoms with Gasteiger partial charge in [0.1, 0.15) is 11.2 Å². The molecule has 0 aliphatic carbocycles. The zero-order valence-corrected chi connectivity index (χ0v) is 13.7. The van der Waals surface area contributed by atoms with E-state index in [-0.39, 0.29) is 10.8 Å². The van der Waals surface area contributed by atoms with Gasteiger partial charge in [0, 0.05) is 29.2 Å². The van der Waals surface area contributed by atoms with Crippen LogP contribution < -0.4 is 4.72 Å². The maximum Gasteiger partial charge on any atom is 0.266 e. The van der Waals surface area contributed by atoms with Gasteiger partial charge >= 0.3 is 0 Å². The third kappa shape index (κ3) is 3.31. The van der Waals surface area contributed by atoms with Crippen molar-refractivity contribution in [2.75, 3.05) is 18.4 Å². The number of H-pyrrole nitrogens is 1. The summed E-state index contributed by atoms with van der Waals surface area (Å²) in [4.78, 5) is 6.93. The number of benzene rings is 1. The van der Waals surface area contributed by atoms with E-state index in [1.807, 2.05) is 0 Å². The minimum atomic E-state index is -3.81. The van der Waals surface area contributed by atoms with E-state index < -0.39 is 10.0 Å². The molecular formula is C13H14ClN5O3S. The van der Waals surface area contributed by atoms with Crippen molar-refractivity contribution in [1.82, 2.24) is 19.7 Å². The van der Waals surface area contributed by atoms with Gasteiger partial charge in [0.05, 0.1) is 13.2 Å². The van der Waals surface area contributed by atoms with E-state index in [2.05, 4.69) is 19.8 Å². The zero-order chi connectivity index (χ0) is 16.4. The normalized spacial score (nSPS) is 11.9. The molecular weight excluding hydrogens is 342 g/mol. The number of anilines is 1. The molecule has 3 aromatic rings. The highest BCUT2D eigenvalue weighted by Crippen LogP contribution is 2.26. The summed E-state index contributed by atoms with van der Waals surface area (Å²) in [6.07, 6.45) is 2.84. The van der Waals surface area contributed by atoms with Crippen LogP contribution in [-0.4, -0.2) is 41.9 Å². The number of nitrogens with one attached hydrogen (secondary N) is 2. The molecule has 2 N–H and O–H groups in total. The van der Waals surface area contributed by atoms with Crippen LogP contribution in [0.3, 0.4) is 0 Å². The molecule has 0 unspecified atom stereocenters. The number of hydrogen-bond donors (Lipinski definition) is 2. The topological polar surface area (TPSA) is 102 Å². The number of halogens is 1. The van der Waals surface area contributed by atoms with Crippen LogP contribution in [-0.2, 0) is 21.3 Å². The number of aromatic amines is 1. The van der Waals surface area contributed by atoms with Gasteiger partial charge in [-0.3, -0.25) is 0 Å². The molecule has 0 bridgehead atoms. The third-order valence-electron chi connectivity index (χ3n) is 3.18. The SMILES string of the molecule is COCCn1cnc(NS(=O)(=O)c2c[nH]c3cc(Cl)ccc23)n1. The summed E-state index contributed by atoms with van der Waals surface area (Å²) in [6, 6.07) is 4.94. The Kier molecular flexibility index (Phi) is 4.24. The van der Waals surface area contributed by atoms with Crippen LogP contribution in [0.4, 0.5) is 5.95 Å². The number of rotatable bonds is 6. The van der Waals surface area contributed by atoms with Crippen molar-refractivity contribution >= 4 is 38.5 Å². The van der Waals surface area contributed by atoms with E-state index in [4.69, 9.17) is 16.3 Å². The summed E-state index contributed by atoms with van der Waals surface area (Å²) in [7, 11) is -2.24. The molecule has 0 fully saturated rings. The molecule has 0 saturated carbocycles. The van der Waals surface area contributed by atoms with E-state index >= 15 is 0 Å². The Balaban J connectivity index is 1.87. The monoisotopic (exact) mass is 355 g/mol. The molecule has 0 saturated heterocycles. The predicted octanol–water partition coefficient (Wildman–Crippen LogP) is 1.86. The van der Waals surface area contributed by atoms with Gasteiger partial charge in [-0.2, -0.15) is 4.98 Å². The van der Waals surface area contributed by atoms with Crippen LogP contribution >= 0.6 is 11.6 Å². The molecule has 0 atom stereocenters. The molecule has 10 heteroatoms. The summed E-state index contributed by atoms with van der Waals surface area (Å²) in [6.45, 7) is 0.940. The number of methoxy groups -OCH3 is 1. The Morgan fingerprint density at radius 3 is 3.04 bits per heavy atom. The first kappa shape index (κ1) is 15.8. The van der Waals surface area contributed by atoms with Crippen molar-refractivity contribution in [3.05, 3.63) is 35.7 Å². The lowest BCUT2D eigenvalue weighted by atomic mass is 10.2. The van der Waals surface area contributed by atoms with Gasteiger partial charge in [0.25, 0.3) is 16.0 Å². The maximum atomic E-state index is 12.5. The van der Waals surface area contributed by atoms with E-state index in [9.17, 15) is 8.42 Å². The lowest BCUT2D eigenvalue weighted by Crippen LogP contribution is -2.14. The first-order valence-electron chi connectivity index (χ1n) is 6.67. The van der Waals surface area contributed by atoms with Gasteiger partial charge in [-0.15, -0.1) is 5.10 Å². The number of sulfonamides is 1. The van der Waals surface area contributed by atoms with Crippen molar-refractivity contribution < 1.29 is 13.2 Å². The van der Waals surface area contributed by atoms with Crippen LogP contribution in [0.2, 0.25) is 5.02 Å². The summed E-state index contributed by atoms with van der Waals surface area (Å²) in [5, 5.41) is 5.11. The third-order valence-corrected chi connectivity index (χ3v) is 4.79. The Morgan fingerprint density at radius 1 is 1.43 bits per heavy atom. The van der Waals surface area contributed by atoms with Crippen molar-refractivity contribution in [1.29, 1.82) is 0 Å². The fraction of sp³-hybridized carbons (Fsp3) is 0.231. The largest absolute Gasteiger partial charge is 0.383 e. The number of ether oxygens (including phenoxy) is 1. The lowest BCUT2D eigenvalue weighted by molar-refractivity contribution is 0.183. The molecule has 3 rings (SSSR count). The fourth-order valence-electron chi connectivity index (χ4n) is 2.10. The molecule has 122 valence electrons. The van der Waals surface area contributed by atoms with E-state index in [0.717, 1.165) is 0 Å². The minimum absolute atomic E-state index is 0.00409. The standard InChI is InChI=1S/C13H14ClN5O3S/c1-22-5-4-19-8-16-13(17-19)18-23(20,21)12-7-15-11-6-9(14)2-3-10(11)12/h2-3,6-8,15H,4-5H2,1H3,(H,17,18). The van der Waals surface area contributed by atoms with Gasteiger partial charge in [0.2, 0.25) is 0 Å². The second kappa shape index (κ2) is 6.19. The quantitative estimate of drug-likeness (QED) is 0.702. The highest BCUT2D eigenvalue weighted by atomic mass is 35.5. The molecule has 2 aromatic heterocycles. The van der Waals surface area contributed by atoms with Crippen LogP contribution in [0.5, 0.6) is 0 Å². The molecule has 0 aliphatic rings. The van der Waals surface area contributed by atoms with Crippen molar-refractivity contribution in [3.8, 4) is 0 Å². The Bertz CT molecular complexity index is 934. The van der Waals surface area contributed by atoms with Crippen LogP contribution in [0, 0.1) is 0 Å². The number of nitrogens with zero attached hydrogens (tertiary/aromatic N) is 3. The summed E-state index contributed by atoms with van der Waals surface area (Å²) < 4.78 is 33.8. The average Bonchev–Trinajstić information content (AvgIpc) is 3.11.